The molecule has 0 amide bonds. The number of esters is 1. The van der Waals surface area contributed by atoms with E-state index in [4.69, 9.17) is 9.84 Å². The maximum absolute atomic E-state index is 11.4. The molecule has 0 heterocycles. The highest BCUT2D eigenvalue weighted by Gasteiger charge is 2.25. The molecule has 0 aromatic heterocycles. The van der Waals surface area contributed by atoms with Crippen molar-refractivity contribution in [3.8, 4) is 0 Å². The van der Waals surface area contributed by atoms with Crippen molar-refractivity contribution in [3.05, 3.63) is 0 Å². The van der Waals surface area contributed by atoms with Crippen LogP contribution in [0.4, 0.5) is 0 Å². The molecule has 0 aliphatic rings. The number of carbonyl (C=O) groups excluding carboxylic acids is 1. The summed E-state index contributed by atoms with van der Waals surface area (Å²) in [6.07, 6.45) is -0.707. The van der Waals surface area contributed by atoms with Gasteiger partial charge in [0.05, 0.1) is 33.5 Å². The SMILES string of the molecule is CC(C)C(=O)O[C@@H](CC(=O)O)C[N+](C)(C)C. The zero-order valence-electron chi connectivity index (χ0n) is 10.7. The average Bonchev–Trinajstić information content (AvgIpc) is 1.98. The third-order valence-electron chi connectivity index (χ3n) is 1.91. The smallest absolute Gasteiger partial charge is 0.308 e. The lowest BCUT2D eigenvalue weighted by Gasteiger charge is -2.28. The van der Waals surface area contributed by atoms with Gasteiger partial charge < -0.3 is 14.3 Å². The van der Waals surface area contributed by atoms with Gasteiger partial charge in [0, 0.05) is 0 Å². The molecule has 1 atom stereocenters. The van der Waals surface area contributed by atoms with Crippen molar-refractivity contribution < 1.29 is 23.9 Å². The summed E-state index contributed by atoms with van der Waals surface area (Å²) in [5.41, 5.74) is 0. The number of rotatable bonds is 6. The predicted octanol–water partition coefficient (Wildman–Crippen LogP) is 0.735. The third-order valence-corrected chi connectivity index (χ3v) is 1.91. The van der Waals surface area contributed by atoms with E-state index in [-0.39, 0.29) is 18.3 Å². The predicted molar refractivity (Wildman–Crippen MR) is 59.9 cm³/mol. The molecule has 0 aliphatic carbocycles. The molecule has 0 bridgehead atoms. The second-order valence-electron chi connectivity index (χ2n) is 5.28. The Morgan fingerprint density at radius 3 is 2.06 bits per heavy atom. The Hall–Kier alpha value is -1.10. The van der Waals surface area contributed by atoms with Crippen molar-refractivity contribution in [1.29, 1.82) is 0 Å². The summed E-state index contributed by atoms with van der Waals surface area (Å²) in [6, 6.07) is 0. The molecule has 0 saturated carbocycles. The summed E-state index contributed by atoms with van der Waals surface area (Å²) in [5, 5.41) is 8.73. The first kappa shape index (κ1) is 14.9. The summed E-state index contributed by atoms with van der Waals surface area (Å²) in [6.45, 7) is 3.95. The maximum atomic E-state index is 11.4. The van der Waals surface area contributed by atoms with Crippen molar-refractivity contribution in [3.63, 3.8) is 0 Å². The molecule has 0 spiro atoms. The first-order chi connectivity index (χ1) is 7.11. The van der Waals surface area contributed by atoms with Crippen LogP contribution in [0.3, 0.4) is 0 Å². The second kappa shape index (κ2) is 5.84. The second-order valence-corrected chi connectivity index (χ2v) is 5.28. The van der Waals surface area contributed by atoms with Gasteiger partial charge in [0.25, 0.3) is 0 Å². The van der Waals surface area contributed by atoms with E-state index in [2.05, 4.69) is 0 Å². The number of nitrogens with zero attached hydrogens (tertiary/aromatic N) is 1. The molecule has 1 N–H and O–H groups in total. The fraction of sp³-hybridized carbons (Fsp3) is 0.818. The minimum atomic E-state index is -0.949. The number of hydrogen-bond donors (Lipinski definition) is 1. The molecule has 94 valence electrons. The van der Waals surface area contributed by atoms with Crippen molar-refractivity contribution in [1.82, 2.24) is 0 Å². The topological polar surface area (TPSA) is 63.6 Å². The van der Waals surface area contributed by atoms with Gasteiger partial charge >= 0.3 is 11.9 Å². The highest BCUT2D eigenvalue weighted by atomic mass is 16.5. The summed E-state index contributed by atoms with van der Waals surface area (Å²) in [4.78, 5) is 22.0. The van der Waals surface area contributed by atoms with Crippen LogP contribution in [-0.2, 0) is 14.3 Å². The molecular weight excluding hydrogens is 210 g/mol. The van der Waals surface area contributed by atoms with Crippen LogP contribution in [0.15, 0.2) is 0 Å². The van der Waals surface area contributed by atoms with Crippen molar-refractivity contribution in [2.75, 3.05) is 27.7 Å². The van der Waals surface area contributed by atoms with Crippen LogP contribution in [0.1, 0.15) is 20.3 Å². The summed E-state index contributed by atoms with van der Waals surface area (Å²) in [5.74, 6) is -1.53. The van der Waals surface area contributed by atoms with Crippen molar-refractivity contribution >= 4 is 11.9 Å². The number of likely N-dealkylation sites (N-methyl/N-ethyl adjacent to an activating group) is 1. The molecule has 0 fully saturated rings. The Labute approximate surface area is 96.6 Å². The van der Waals surface area contributed by atoms with Crippen LogP contribution in [-0.4, -0.2) is 55.3 Å². The number of quaternary nitrogens is 1. The minimum absolute atomic E-state index is 0.145. The van der Waals surface area contributed by atoms with E-state index in [1.807, 2.05) is 21.1 Å². The highest BCUT2D eigenvalue weighted by molar-refractivity contribution is 5.73. The molecule has 0 aromatic carbocycles. The summed E-state index contributed by atoms with van der Waals surface area (Å²) < 4.78 is 5.72. The van der Waals surface area contributed by atoms with E-state index < -0.39 is 12.1 Å². The van der Waals surface area contributed by atoms with Gasteiger partial charge in [0.15, 0.2) is 6.10 Å². The number of ether oxygens (including phenoxy) is 1. The normalized spacial score (nSPS) is 13.6. The molecule has 16 heavy (non-hydrogen) atoms. The van der Waals surface area contributed by atoms with Crippen molar-refractivity contribution in [2.24, 2.45) is 5.92 Å². The van der Waals surface area contributed by atoms with E-state index in [9.17, 15) is 9.59 Å². The van der Waals surface area contributed by atoms with Crippen LogP contribution >= 0.6 is 0 Å². The first-order valence-electron chi connectivity index (χ1n) is 5.34. The minimum Gasteiger partial charge on any atom is -0.481 e. The van der Waals surface area contributed by atoms with Crippen LogP contribution in [0.25, 0.3) is 0 Å². The lowest BCUT2D eigenvalue weighted by atomic mass is 10.2. The third kappa shape index (κ3) is 7.23. The Morgan fingerprint density at radius 2 is 1.75 bits per heavy atom. The van der Waals surface area contributed by atoms with E-state index in [1.165, 1.54) is 0 Å². The standard InChI is InChI=1S/C11H21NO4/c1-8(2)11(15)16-9(6-10(13)14)7-12(3,4)5/h8-9H,6-7H2,1-5H3/p+1/t9-/m0/s1. The number of carboxylic acids is 1. The number of hydrogen-bond acceptors (Lipinski definition) is 3. The van der Waals surface area contributed by atoms with E-state index >= 15 is 0 Å². The van der Waals surface area contributed by atoms with Crippen LogP contribution in [0, 0.1) is 5.92 Å². The van der Waals surface area contributed by atoms with Gasteiger partial charge in [-0.15, -0.1) is 0 Å². The summed E-state index contributed by atoms with van der Waals surface area (Å²) >= 11 is 0. The largest absolute Gasteiger partial charge is 0.481 e. The number of carbonyl (C=O) groups is 2. The average molecular weight is 232 g/mol. The van der Waals surface area contributed by atoms with Gasteiger partial charge in [-0.3, -0.25) is 9.59 Å². The Morgan fingerprint density at radius 1 is 1.25 bits per heavy atom. The lowest BCUT2D eigenvalue weighted by Crippen LogP contribution is -2.44. The molecule has 0 aromatic rings. The molecule has 5 heteroatoms. The van der Waals surface area contributed by atoms with Gasteiger partial charge in [0.2, 0.25) is 0 Å². The fourth-order valence-corrected chi connectivity index (χ4v) is 1.25. The number of carboxylic acid groups (broad SMARTS) is 1. The van der Waals surface area contributed by atoms with Gasteiger partial charge in [-0.05, 0) is 0 Å². The van der Waals surface area contributed by atoms with E-state index in [0.717, 1.165) is 0 Å². The molecule has 0 aliphatic heterocycles. The van der Waals surface area contributed by atoms with Gasteiger partial charge in [-0.25, -0.2) is 0 Å². The Bertz CT molecular complexity index is 255. The Balaban J connectivity index is 4.43. The van der Waals surface area contributed by atoms with Crippen LogP contribution < -0.4 is 0 Å². The molecule has 0 saturated heterocycles. The lowest BCUT2D eigenvalue weighted by molar-refractivity contribution is -0.873. The van der Waals surface area contributed by atoms with Gasteiger partial charge in [-0.2, -0.15) is 0 Å². The Kier molecular flexibility index (Phi) is 5.44. The van der Waals surface area contributed by atoms with Crippen LogP contribution in [0.2, 0.25) is 0 Å². The van der Waals surface area contributed by atoms with Crippen LogP contribution in [0.5, 0.6) is 0 Å². The first-order valence-corrected chi connectivity index (χ1v) is 5.34. The summed E-state index contributed by atoms with van der Waals surface area (Å²) in [7, 11) is 5.79. The molecule has 5 nitrogen and oxygen atoms in total. The highest BCUT2D eigenvalue weighted by Crippen LogP contribution is 2.08. The molecular formula is C11H22NO4+. The zero-order valence-corrected chi connectivity index (χ0v) is 10.7. The quantitative estimate of drug-likeness (QED) is 0.542. The monoisotopic (exact) mass is 232 g/mol. The fourth-order valence-electron chi connectivity index (χ4n) is 1.25. The number of aliphatic carboxylic acids is 1. The zero-order chi connectivity index (χ0) is 12.9. The maximum Gasteiger partial charge on any atom is 0.308 e. The van der Waals surface area contributed by atoms with Gasteiger partial charge in [0.1, 0.15) is 6.54 Å². The molecule has 0 radical (unpaired) electrons. The van der Waals surface area contributed by atoms with E-state index in [0.29, 0.717) is 11.0 Å². The van der Waals surface area contributed by atoms with Gasteiger partial charge in [-0.1, -0.05) is 13.8 Å². The van der Waals surface area contributed by atoms with E-state index in [1.54, 1.807) is 13.8 Å². The molecule has 0 unspecified atom stereocenters. The van der Waals surface area contributed by atoms with Crippen molar-refractivity contribution in [2.45, 2.75) is 26.4 Å². The molecule has 0 rings (SSSR count).